The number of amides is 2. The van der Waals surface area contributed by atoms with Crippen molar-refractivity contribution < 1.29 is 32.7 Å². The quantitative estimate of drug-likeness (QED) is 0.307. The van der Waals surface area contributed by atoms with Gasteiger partial charge in [-0.1, -0.05) is 30.2 Å². The van der Waals surface area contributed by atoms with E-state index in [2.05, 4.69) is 25.5 Å². The fourth-order valence-corrected chi connectivity index (χ4v) is 5.12. The van der Waals surface area contributed by atoms with Crippen LogP contribution in [0, 0.1) is 0 Å². The molecule has 2 aromatic carbocycles. The van der Waals surface area contributed by atoms with Crippen molar-refractivity contribution in [1.29, 1.82) is 0 Å². The predicted molar refractivity (Wildman–Crippen MR) is 157 cm³/mol. The number of hydrogen-bond acceptors (Lipinski definition) is 7. The molecule has 2 saturated heterocycles. The number of aliphatic imine (C=N–C) groups is 1. The molecule has 0 saturated carbocycles. The molecule has 2 aliphatic rings. The van der Waals surface area contributed by atoms with Gasteiger partial charge in [0.2, 0.25) is 5.91 Å². The average molecular weight is 620 g/mol. The number of halogens is 4. The molecule has 0 radical (unpaired) electrons. The van der Waals surface area contributed by atoms with Gasteiger partial charge >= 0.3 is 12.1 Å². The Labute approximate surface area is 247 Å². The second-order valence-corrected chi connectivity index (χ2v) is 10.7. The van der Waals surface area contributed by atoms with E-state index in [1.165, 1.54) is 18.2 Å². The van der Waals surface area contributed by atoms with Gasteiger partial charge in [-0.25, -0.2) is 9.79 Å². The number of nitrogens with one attached hydrogen (secondary N) is 2. The molecular formula is C28H25ClF3N5O4S. The lowest BCUT2D eigenvalue weighted by Crippen LogP contribution is -2.36. The first kappa shape index (κ1) is 31.0. The Kier molecular flexibility index (Phi) is 10.2. The molecule has 42 heavy (non-hydrogen) atoms. The fourth-order valence-electron chi connectivity index (χ4n) is 4.12. The highest BCUT2D eigenvalue weighted by Gasteiger charge is 2.38. The number of carbonyl (C=O) groups excluding carboxylic acids is 2. The highest BCUT2D eigenvalue weighted by molar-refractivity contribution is 8.18. The van der Waals surface area contributed by atoms with E-state index in [1.807, 2.05) is 36.4 Å². The highest BCUT2D eigenvalue weighted by atomic mass is 35.5. The third kappa shape index (κ3) is 8.78. The maximum absolute atomic E-state index is 12.5. The van der Waals surface area contributed by atoms with E-state index >= 15 is 0 Å². The van der Waals surface area contributed by atoms with Crippen molar-refractivity contribution in [3.05, 3.63) is 70.2 Å². The summed E-state index contributed by atoms with van der Waals surface area (Å²) in [6, 6.07) is 14.9. The number of aliphatic carboxylic acids is 1. The minimum atomic E-state index is -5.08. The third-order valence-electron chi connectivity index (χ3n) is 6.09. The van der Waals surface area contributed by atoms with Crippen LogP contribution in [-0.4, -0.2) is 63.8 Å². The molecule has 9 nitrogen and oxygen atoms in total. The van der Waals surface area contributed by atoms with Crippen LogP contribution in [0.2, 0.25) is 5.02 Å². The average Bonchev–Trinajstić information content (AvgIpc) is 3.28. The van der Waals surface area contributed by atoms with Crippen LogP contribution in [-0.2, 0) is 14.4 Å². The summed E-state index contributed by atoms with van der Waals surface area (Å²) in [6.07, 6.45) is 1.99. The van der Waals surface area contributed by atoms with Crippen molar-refractivity contribution in [3.63, 3.8) is 0 Å². The molecule has 3 aromatic rings. The van der Waals surface area contributed by atoms with E-state index in [0.29, 0.717) is 33.0 Å². The molecule has 0 unspecified atom stereocenters. The largest absolute Gasteiger partial charge is 0.490 e. The number of nitrogens with zero attached hydrogens (tertiary/aromatic N) is 3. The van der Waals surface area contributed by atoms with Crippen molar-refractivity contribution in [2.75, 3.05) is 25.0 Å². The Morgan fingerprint density at radius 2 is 1.88 bits per heavy atom. The minimum absolute atomic E-state index is 0.0628. The second-order valence-electron chi connectivity index (χ2n) is 9.29. The molecule has 3 N–H and O–H groups in total. The standard InChI is InChI=1S/C26H24ClN5O2S.C2HF3O2/c27-20-8-7-19(29-24(33)16-32-11-2-1-3-12-32)15-22(20)30-26-31-25(34)23(35-26)14-17-6-9-21-18(13-17)5-4-10-28-21;3-2(4,5)1(6)7/h4-10,13-15H,1-3,11-12,16H2,(H,29,33)(H,30,31,34);(H,6,7)/b23-14-;. The van der Waals surface area contributed by atoms with E-state index in [9.17, 15) is 22.8 Å². The number of carbonyl (C=O) groups is 3. The molecule has 5 rings (SSSR count). The molecule has 0 bridgehead atoms. The lowest BCUT2D eigenvalue weighted by atomic mass is 10.1. The zero-order valence-electron chi connectivity index (χ0n) is 21.9. The number of amidine groups is 1. The zero-order valence-corrected chi connectivity index (χ0v) is 23.5. The van der Waals surface area contributed by atoms with Crippen LogP contribution in [0.15, 0.2) is 64.6 Å². The number of fused-ring (bicyclic) bond motifs is 1. The van der Waals surface area contributed by atoms with Gasteiger partial charge in [0, 0.05) is 17.3 Å². The minimum Gasteiger partial charge on any atom is -0.475 e. The van der Waals surface area contributed by atoms with Crippen LogP contribution < -0.4 is 10.6 Å². The summed E-state index contributed by atoms with van der Waals surface area (Å²) in [6.45, 7) is 2.28. The van der Waals surface area contributed by atoms with Crippen LogP contribution in [0.3, 0.4) is 0 Å². The van der Waals surface area contributed by atoms with Crippen LogP contribution in [0.4, 0.5) is 24.5 Å². The van der Waals surface area contributed by atoms with Gasteiger partial charge in [-0.05, 0) is 85.7 Å². The Morgan fingerprint density at radius 1 is 1.14 bits per heavy atom. The summed E-state index contributed by atoms with van der Waals surface area (Å²) >= 11 is 7.60. The summed E-state index contributed by atoms with van der Waals surface area (Å²) < 4.78 is 31.7. The van der Waals surface area contributed by atoms with Crippen molar-refractivity contribution in [2.24, 2.45) is 4.99 Å². The Balaban J connectivity index is 0.000000517. The van der Waals surface area contributed by atoms with Crippen molar-refractivity contribution >= 4 is 74.7 Å². The van der Waals surface area contributed by atoms with Gasteiger partial charge in [0.1, 0.15) is 0 Å². The van der Waals surface area contributed by atoms with Crippen molar-refractivity contribution in [2.45, 2.75) is 25.4 Å². The number of hydrogen-bond donors (Lipinski definition) is 3. The Morgan fingerprint density at radius 3 is 2.60 bits per heavy atom. The number of thioether (sulfide) groups is 1. The van der Waals surface area contributed by atoms with Gasteiger partial charge in [0.05, 0.1) is 27.7 Å². The number of carboxylic acid groups (broad SMARTS) is 1. The lowest BCUT2D eigenvalue weighted by Gasteiger charge is -2.25. The summed E-state index contributed by atoms with van der Waals surface area (Å²) in [5.41, 5.74) is 2.90. The number of anilines is 1. The monoisotopic (exact) mass is 619 g/mol. The van der Waals surface area contributed by atoms with Gasteiger partial charge < -0.3 is 15.7 Å². The first-order valence-corrected chi connectivity index (χ1v) is 13.9. The van der Waals surface area contributed by atoms with E-state index in [0.717, 1.165) is 42.4 Å². The maximum Gasteiger partial charge on any atom is 0.490 e. The summed E-state index contributed by atoms with van der Waals surface area (Å²) in [5, 5.41) is 14.7. The first-order valence-electron chi connectivity index (χ1n) is 12.7. The predicted octanol–water partition coefficient (Wildman–Crippen LogP) is 5.84. The fraction of sp³-hybridized carbons (Fsp3) is 0.250. The number of rotatable bonds is 5. The van der Waals surface area contributed by atoms with Gasteiger partial charge in [-0.2, -0.15) is 13.2 Å². The molecule has 2 aliphatic heterocycles. The van der Waals surface area contributed by atoms with Crippen molar-refractivity contribution in [1.82, 2.24) is 15.2 Å². The normalized spacial score (nSPS) is 17.6. The number of piperidine rings is 1. The molecule has 3 heterocycles. The number of likely N-dealkylation sites (tertiary alicyclic amines) is 1. The number of pyridine rings is 1. The first-order chi connectivity index (χ1) is 20.0. The second kappa shape index (κ2) is 13.8. The highest BCUT2D eigenvalue weighted by Crippen LogP contribution is 2.33. The summed E-state index contributed by atoms with van der Waals surface area (Å²) in [4.78, 5) is 45.5. The molecule has 220 valence electrons. The number of benzene rings is 2. The van der Waals surface area contributed by atoms with E-state index in [1.54, 1.807) is 24.4 Å². The molecule has 0 atom stereocenters. The number of carboxylic acids is 1. The van der Waals surface area contributed by atoms with Crippen LogP contribution in [0.25, 0.3) is 17.0 Å². The van der Waals surface area contributed by atoms with Crippen molar-refractivity contribution in [3.8, 4) is 0 Å². The van der Waals surface area contributed by atoms with Crippen LogP contribution >= 0.6 is 23.4 Å². The third-order valence-corrected chi connectivity index (χ3v) is 7.32. The number of alkyl halides is 3. The van der Waals surface area contributed by atoms with Gasteiger partial charge in [-0.3, -0.25) is 19.5 Å². The Bertz CT molecular complexity index is 1560. The molecule has 2 amide bonds. The van der Waals surface area contributed by atoms with Gasteiger partial charge in [0.15, 0.2) is 5.17 Å². The van der Waals surface area contributed by atoms with Crippen LogP contribution in [0.1, 0.15) is 24.8 Å². The van der Waals surface area contributed by atoms with Crippen LogP contribution in [0.5, 0.6) is 0 Å². The van der Waals surface area contributed by atoms with E-state index in [-0.39, 0.29) is 11.8 Å². The SMILES string of the molecule is O=C(CN1CCCCC1)Nc1ccc(Cl)c(N=C2NC(=O)/C(=C/c3ccc4ncccc4c3)S2)c1.O=C(O)C(F)(F)F. The molecule has 1 aromatic heterocycles. The zero-order chi connectivity index (χ0) is 30.3. The smallest absolute Gasteiger partial charge is 0.475 e. The van der Waals surface area contributed by atoms with Gasteiger partial charge in [-0.15, -0.1) is 0 Å². The summed E-state index contributed by atoms with van der Waals surface area (Å²) in [5.74, 6) is -3.04. The van der Waals surface area contributed by atoms with E-state index in [4.69, 9.17) is 21.5 Å². The number of aromatic nitrogens is 1. The lowest BCUT2D eigenvalue weighted by molar-refractivity contribution is -0.192. The molecule has 14 heteroatoms. The van der Waals surface area contributed by atoms with E-state index < -0.39 is 12.1 Å². The molecule has 0 aliphatic carbocycles. The topological polar surface area (TPSA) is 124 Å². The maximum atomic E-state index is 12.5. The molecule has 0 spiro atoms. The van der Waals surface area contributed by atoms with Gasteiger partial charge in [0.25, 0.3) is 5.91 Å². The Hall–Kier alpha value is -3.94. The molecule has 2 fully saturated rings. The summed E-state index contributed by atoms with van der Waals surface area (Å²) in [7, 11) is 0. The molecular weight excluding hydrogens is 595 g/mol.